The molecule has 0 radical (unpaired) electrons. The van der Waals surface area contributed by atoms with Crippen LogP contribution in [0.25, 0.3) is 0 Å². The first-order valence-corrected chi connectivity index (χ1v) is 10.9. The first kappa shape index (κ1) is 20.6. The van der Waals surface area contributed by atoms with Crippen molar-refractivity contribution in [1.29, 1.82) is 0 Å². The lowest BCUT2D eigenvalue weighted by atomic mass is 10.0. The maximum Gasteiger partial charge on any atom is 0.254 e. The number of carbonyl (C=O) groups is 1. The molecule has 1 aromatic heterocycles. The predicted molar refractivity (Wildman–Crippen MR) is 119 cm³/mol. The average molecular weight is 412 g/mol. The minimum Gasteiger partial charge on any atom is -0.331 e. The van der Waals surface area contributed by atoms with Gasteiger partial charge in [0.25, 0.3) is 5.91 Å². The molecule has 146 valence electrons. The third-order valence-electron chi connectivity index (χ3n) is 4.96. The zero-order chi connectivity index (χ0) is 20.1. The van der Waals surface area contributed by atoms with Gasteiger partial charge in [0.2, 0.25) is 0 Å². The number of hydrogen-bond donors (Lipinski definition) is 0. The highest BCUT2D eigenvalue weighted by Gasteiger charge is 2.22. The first-order chi connectivity index (χ1) is 13.4. The van der Waals surface area contributed by atoms with Crippen molar-refractivity contribution >= 4 is 28.8 Å². The lowest BCUT2D eigenvalue weighted by Crippen LogP contribution is -2.39. The van der Waals surface area contributed by atoms with E-state index in [1.807, 2.05) is 41.3 Å². The van der Waals surface area contributed by atoms with Gasteiger partial charge in [-0.2, -0.15) is 0 Å². The Morgan fingerprint density at radius 3 is 2.25 bits per heavy atom. The quantitative estimate of drug-likeness (QED) is 0.418. The van der Waals surface area contributed by atoms with Crippen LogP contribution in [0.5, 0.6) is 0 Å². The summed E-state index contributed by atoms with van der Waals surface area (Å²) in [6.07, 6.45) is 0.848. The fourth-order valence-electron chi connectivity index (χ4n) is 3.22. The fourth-order valence-corrected chi connectivity index (χ4v) is 4.17. The van der Waals surface area contributed by atoms with Crippen LogP contribution in [-0.4, -0.2) is 16.8 Å². The van der Waals surface area contributed by atoms with Gasteiger partial charge in [-0.1, -0.05) is 55.8 Å². The molecule has 1 atom stereocenters. The van der Waals surface area contributed by atoms with Crippen LogP contribution in [0.1, 0.15) is 53.1 Å². The summed E-state index contributed by atoms with van der Waals surface area (Å²) in [7, 11) is 0. The third kappa shape index (κ3) is 5.24. The van der Waals surface area contributed by atoms with Gasteiger partial charge in [0.15, 0.2) is 0 Å². The molecule has 4 heteroatoms. The molecule has 28 heavy (non-hydrogen) atoms. The van der Waals surface area contributed by atoms with Crippen LogP contribution in [0.15, 0.2) is 66.0 Å². The zero-order valence-electron chi connectivity index (χ0n) is 16.6. The van der Waals surface area contributed by atoms with Crippen molar-refractivity contribution < 1.29 is 4.79 Å². The molecule has 2 aromatic carbocycles. The van der Waals surface area contributed by atoms with Gasteiger partial charge in [-0.15, -0.1) is 11.3 Å². The van der Waals surface area contributed by atoms with E-state index in [2.05, 4.69) is 50.4 Å². The second-order valence-corrected chi connectivity index (χ2v) is 8.94. The van der Waals surface area contributed by atoms with Gasteiger partial charge in [0.05, 0.1) is 0 Å². The summed E-state index contributed by atoms with van der Waals surface area (Å²) in [5, 5.41) is 2.79. The molecule has 0 spiro atoms. The van der Waals surface area contributed by atoms with Crippen molar-refractivity contribution in [3.8, 4) is 0 Å². The Hall–Kier alpha value is -2.10. The lowest BCUT2D eigenvalue weighted by Gasteiger charge is -2.29. The van der Waals surface area contributed by atoms with Gasteiger partial charge in [-0.25, -0.2) is 0 Å². The molecule has 0 saturated heterocycles. The molecule has 0 N–H and O–H groups in total. The van der Waals surface area contributed by atoms with Crippen molar-refractivity contribution in [2.75, 3.05) is 0 Å². The van der Waals surface area contributed by atoms with E-state index in [0.29, 0.717) is 17.5 Å². The number of benzene rings is 2. The summed E-state index contributed by atoms with van der Waals surface area (Å²) in [4.78, 5) is 16.6. The second-order valence-electron chi connectivity index (χ2n) is 7.47. The van der Waals surface area contributed by atoms with Gasteiger partial charge in [-0.05, 0) is 59.7 Å². The summed E-state index contributed by atoms with van der Waals surface area (Å²) in [5.74, 6) is 0.515. The van der Waals surface area contributed by atoms with E-state index in [4.69, 9.17) is 11.6 Å². The van der Waals surface area contributed by atoms with Crippen molar-refractivity contribution in [2.45, 2.75) is 45.7 Å². The van der Waals surface area contributed by atoms with Gasteiger partial charge in [0, 0.05) is 34.5 Å². The molecule has 1 amide bonds. The largest absolute Gasteiger partial charge is 0.331 e. The predicted octanol–water partition coefficient (Wildman–Crippen LogP) is 6.80. The Balaban J connectivity index is 1.85. The monoisotopic (exact) mass is 411 g/mol. The van der Waals surface area contributed by atoms with E-state index in [1.165, 1.54) is 10.4 Å². The molecule has 0 fully saturated rings. The summed E-state index contributed by atoms with van der Waals surface area (Å²) in [6, 6.07) is 20.0. The number of rotatable bonds is 7. The number of halogens is 1. The Morgan fingerprint density at radius 2 is 1.68 bits per heavy atom. The summed E-state index contributed by atoms with van der Waals surface area (Å²) >= 11 is 7.76. The maximum absolute atomic E-state index is 13.4. The summed E-state index contributed by atoms with van der Waals surface area (Å²) in [5.41, 5.74) is 3.05. The van der Waals surface area contributed by atoms with Crippen LogP contribution in [0, 0.1) is 0 Å². The molecule has 2 nitrogen and oxygen atoms in total. The molecule has 0 saturated carbocycles. The van der Waals surface area contributed by atoms with Gasteiger partial charge >= 0.3 is 0 Å². The maximum atomic E-state index is 13.4. The number of amides is 1. The first-order valence-electron chi connectivity index (χ1n) is 9.62. The zero-order valence-corrected chi connectivity index (χ0v) is 18.1. The summed E-state index contributed by atoms with van der Waals surface area (Å²) in [6.45, 7) is 7.00. The summed E-state index contributed by atoms with van der Waals surface area (Å²) < 4.78 is 0. The van der Waals surface area contributed by atoms with Crippen molar-refractivity contribution in [2.24, 2.45) is 0 Å². The Morgan fingerprint density at radius 1 is 1.00 bits per heavy atom. The highest BCUT2D eigenvalue weighted by molar-refractivity contribution is 7.09. The SMILES string of the molecule is CC(C)c1ccc(C(=O)N(Cc2ccc(Cl)cc2)C(C)Cc2cccs2)cc1. The number of thiophene rings is 1. The lowest BCUT2D eigenvalue weighted by molar-refractivity contribution is 0.0676. The Bertz CT molecular complexity index is 885. The molecular formula is C24H26ClNOS. The molecule has 0 bridgehead atoms. The minimum atomic E-state index is 0.0642. The number of hydrogen-bond acceptors (Lipinski definition) is 2. The van der Waals surface area contributed by atoms with Crippen LogP contribution >= 0.6 is 22.9 Å². The van der Waals surface area contributed by atoms with Crippen LogP contribution < -0.4 is 0 Å². The number of nitrogens with zero attached hydrogens (tertiary/aromatic N) is 1. The molecule has 0 aliphatic carbocycles. The molecule has 1 unspecified atom stereocenters. The van der Waals surface area contributed by atoms with Gasteiger partial charge in [0.1, 0.15) is 0 Å². The molecule has 3 rings (SSSR count). The van der Waals surface area contributed by atoms with E-state index in [1.54, 1.807) is 11.3 Å². The Labute approximate surface area is 176 Å². The highest BCUT2D eigenvalue weighted by Crippen LogP contribution is 2.21. The van der Waals surface area contributed by atoms with E-state index in [0.717, 1.165) is 17.5 Å². The molecular weight excluding hydrogens is 386 g/mol. The van der Waals surface area contributed by atoms with Crippen LogP contribution in [0.3, 0.4) is 0 Å². The van der Waals surface area contributed by atoms with Crippen LogP contribution in [-0.2, 0) is 13.0 Å². The molecule has 0 aliphatic rings. The smallest absolute Gasteiger partial charge is 0.254 e. The normalized spacial score (nSPS) is 12.2. The molecule has 3 aromatic rings. The number of carbonyl (C=O) groups excluding carboxylic acids is 1. The van der Waals surface area contributed by atoms with Crippen molar-refractivity contribution in [3.05, 3.63) is 92.6 Å². The topological polar surface area (TPSA) is 20.3 Å². The fraction of sp³-hybridized carbons (Fsp3) is 0.292. The standard InChI is InChI=1S/C24H26ClNOS/c1-17(2)20-8-10-21(11-9-20)24(27)26(16-19-6-12-22(25)13-7-19)18(3)15-23-5-4-14-28-23/h4-14,17-18H,15-16H2,1-3H3. The van der Waals surface area contributed by atoms with E-state index >= 15 is 0 Å². The molecule has 0 aliphatic heterocycles. The molecule has 1 heterocycles. The van der Waals surface area contributed by atoms with E-state index in [9.17, 15) is 4.79 Å². The van der Waals surface area contributed by atoms with E-state index < -0.39 is 0 Å². The Kier molecular flexibility index (Phi) is 6.93. The van der Waals surface area contributed by atoms with E-state index in [-0.39, 0.29) is 11.9 Å². The van der Waals surface area contributed by atoms with Gasteiger partial charge < -0.3 is 4.90 Å². The van der Waals surface area contributed by atoms with Crippen molar-refractivity contribution in [1.82, 2.24) is 4.90 Å². The average Bonchev–Trinajstić information content (AvgIpc) is 3.20. The van der Waals surface area contributed by atoms with Crippen LogP contribution in [0.4, 0.5) is 0 Å². The van der Waals surface area contributed by atoms with Crippen LogP contribution in [0.2, 0.25) is 5.02 Å². The van der Waals surface area contributed by atoms with Gasteiger partial charge in [-0.3, -0.25) is 4.79 Å². The van der Waals surface area contributed by atoms with Crippen molar-refractivity contribution in [3.63, 3.8) is 0 Å². The second kappa shape index (κ2) is 9.40. The highest BCUT2D eigenvalue weighted by atomic mass is 35.5. The third-order valence-corrected chi connectivity index (χ3v) is 6.11. The minimum absolute atomic E-state index is 0.0642.